The lowest BCUT2D eigenvalue weighted by Crippen LogP contribution is -2.26. The lowest BCUT2D eigenvalue weighted by atomic mass is 10.1. The van der Waals surface area contributed by atoms with Crippen molar-refractivity contribution < 1.29 is 19.4 Å². The first-order valence-electron chi connectivity index (χ1n) is 9.02. The van der Waals surface area contributed by atoms with Crippen LogP contribution in [-0.2, 0) is 16.0 Å². The fourth-order valence-corrected chi connectivity index (χ4v) is 3.60. The SMILES string of the molecule is CCOC(Cc1ccc(OC(C)c2cc(-c3ncccn3)cs2)cc1)C(=O)O. The Morgan fingerprint density at radius 1 is 1.21 bits per heavy atom. The van der Waals surface area contributed by atoms with E-state index in [0.717, 1.165) is 21.8 Å². The second-order valence-electron chi connectivity index (χ2n) is 6.20. The summed E-state index contributed by atoms with van der Waals surface area (Å²) in [6.45, 7) is 4.14. The van der Waals surface area contributed by atoms with Crippen LogP contribution in [-0.4, -0.2) is 33.8 Å². The fraction of sp³-hybridized carbons (Fsp3) is 0.286. The lowest BCUT2D eigenvalue weighted by molar-refractivity contribution is -0.149. The van der Waals surface area contributed by atoms with Crippen molar-refractivity contribution >= 4 is 17.3 Å². The van der Waals surface area contributed by atoms with Gasteiger partial charge >= 0.3 is 5.97 Å². The number of rotatable bonds is 9. The third-order valence-electron chi connectivity index (χ3n) is 4.14. The van der Waals surface area contributed by atoms with Crippen LogP contribution in [0.1, 0.15) is 30.4 Å². The smallest absolute Gasteiger partial charge is 0.333 e. The number of aliphatic carboxylic acids is 1. The van der Waals surface area contributed by atoms with Gasteiger partial charge in [0.2, 0.25) is 0 Å². The van der Waals surface area contributed by atoms with E-state index in [2.05, 4.69) is 9.97 Å². The van der Waals surface area contributed by atoms with Gasteiger partial charge in [0.05, 0.1) is 0 Å². The largest absolute Gasteiger partial charge is 0.485 e. The molecule has 2 atom stereocenters. The summed E-state index contributed by atoms with van der Waals surface area (Å²) in [6, 6.07) is 11.3. The Morgan fingerprint density at radius 2 is 1.93 bits per heavy atom. The van der Waals surface area contributed by atoms with E-state index in [1.807, 2.05) is 42.6 Å². The van der Waals surface area contributed by atoms with Gasteiger partial charge in [-0.3, -0.25) is 0 Å². The first-order valence-corrected chi connectivity index (χ1v) is 9.90. The second-order valence-corrected chi connectivity index (χ2v) is 7.14. The number of ether oxygens (including phenoxy) is 2. The summed E-state index contributed by atoms with van der Waals surface area (Å²) in [5.41, 5.74) is 1.86. The number of carbonyl (C=O) groups is 1. The van der Waals surface area contributed by atoms with E-state index in [9.17, 15) is 9.90 Å². The number of hydrogen-bond donors (Lipinski definition) is 1. The molecule has 0 bridgehead atoms. The molecular formula is C21H22N2O4S. The topological polar surface area (TPSA) is 81.5 Å². The van der Waals surface area contributed by atoms with Crippen LogP contribution in [0.2, 0.25) is 0 Å². The maximum absolute atomic E-state index is 11.2. The van der Waals surface area contributed by atoms with Crippen LogP contribution in [0.3, 0.4) is 0 Å². The molecule has 2 heterocycles. The number of aromatic nitrogens is 2. The van der Waals surface area contributed by atoms with E-state index >= 15 is 0 Å². The van der Waals surface area contributed by atoms with Gasteiger partial charge in [-0.1, -0.05) is 12.1 Å². The van der Waals surface area contributed by atoms with Crippen molar-refractivity contribution in [1.82, 2.24) is 9.97 Å². The minimum absolute atomic E-state index is 0.122. The Balaban J connectivity index is 1.62. The van der Waals surface area contributed by atoms with Crippen LogP contribution < -0.4 is 4.74 Å². The summed E-state index contributed by atoms with van der Waals surface area (Å²) in [6.07, 6.45) is 2.82. The number of benzene rings is 1. The quantitative estimate of drug-likeness (QED) is 0.576. The Kier molecular flexibility index (Phi) is 6.73. The highest BCUT2D eigenvalue weighted by Gasteiger charge is 2.18. The van der Waals surface area contributed by atoms with Gasteiger partial charge in [-0.2, -0.15) is 0 Å². The number of thiophene rings is 1. The van der Waals surface area contributed by atoms with E-state index < -0.39 is 12.1 Å². The zero-order chi connectivity index (χ0) is 19.9. The summed E-state index contributed by atoms with van der Waals surface area (Å²) in [5, 5.41) is 11.2. The Morgan fingerprint density at radius 3 is 2.57 bits per heavy atom. The zero-order valence-electron chi connectivity index (χ0n) is 15.7. The summed E-state index contributed by atoms with van der Waals surface area (Å²) >= 11 is 1.61. The van der Waals surface area contributed by atoms with Crippen molar-refractivity contribution in [2.75, 3.05) is 6.61 Å². The van der Waals surface area contributed by atoms with E-state index in [1.165, 1.54) is 0 Å². The maximum Gasteiger partial charge on any atom is 0.333 e. The molecule has 0 fully saturated rings. The van der Waals surface area contributed by atoms with Gasteiger partial charge < -0.3 is 14.6 Å². The van der Waals surface area contributed by atoms with Gasteiger partial charge in [-0.05, 0) is 43.7 Å². The highest BCUT2D eigenvalue weighted by atomic mass is 32.1. The minimum atomic E-state index is -0.952. The van der Waals surface area contributed by atoms with Crippen molar-refractivity contribution in [3.8, 4) is 17.1 Å². The Bertz CT molecular complexity index is 896. The van der Waals surface area contributed by atoms with E-state index in [4.69, 9.17) is 9.47 Å². The predicted molar refractivity (Wildman–Crippen MR) is 108 cm³/mol. The molecule has 0 amide bonds. The highest BCUT2D eigenvalue weighted by Crippen LogP contribution is 2.30. The molecule has 3 aromatic rings. The van der Waals surface area contributed by atoms with Crippen LogP contribution in [0.15, 0.2) is 54.2 Å². The van der Waals surface area contributed by atoms with Crippen molar-refractivity contribution in [3.63, 3.8) is 0 Å². The highest BCUT2D eigenvalue weighted by molar-refractivity contribution is 7.10. The van der Waals surface area contributed by atoms with Crippen molar-refractivity contribution in [2.24, 2.45) is 0 Å². The van der Waals surface area contributed by atoms with Crippen LogP contribution in [0.25, 0.3) is 11.4 Å². The molecule has 0 aliphatic carbocycles. The molecule has 1 aromatic carbocycles. The van der Waals surface area contributed by atoms with Crippen LogP contribution in [0, 0.1) is 0 Å². The molecule has 2 aromatic heterocycles. The average molecular weight is 398 g/mol. The molecular weight excluding hydrogens is 376 g/mol. The van der Waals surface area contributed by atoms with Crippen molar-refractivity contribution in [3.05, 3.63) is 64.6 Å². The van der Waals surface area contributed by atoms with E-state index in [1.54, 1.807) is 36.7 Å². The molecule has 0 aliphatic rings. The van der Waals surface area contributed by atoms with Crippen LogP contribution in [0.5, 0.6) is 5.75 Å². The van der Waals surface area contributed by atoms with Gasteiger partial charge in [-0.15, -0.1) is 11.3 Å². The molecule has 2 unspecified atom stereocenters. The number of carboxylic acids is 1. The molecule has 0 saturated carbocycles. The van der Waals surface area contributed by atoms with Crippen molar-refractivity contribution in [1.29, 1.82) is 0 Å². The normalized spacial score (nSPS) is 13.1. The first-order chi connectivity index (χ1) is 13.6. The average Bonchev–Trinajstić information content (AvgIpc) is 3.20. The molecule has 0 radical (unpaired) electrons. The van der Waals surface area contributed by atoms with Crippen molar-refractivity contribution in [2.45, 2.75) is 32.5 Å². The second kappa shape index (κ2) is 9.43. The first kappa shape index (κ1) is 20.0. The summed E-state index contributed by atoms with van der Waals surface area (Å²) in [7, 11) is 0. The predicted octanol–water partition coefficient (Wildman–Crippen LogP) is 4.38. The summed E-state index contributed by atoms with van der Waals surface area (Å²) in [5.74, 6) is 0.473. The van der Waals surface area contributed by atoms with Gasteiger partial charge in [0.15, 0.2) is 11.9 Å². The molecule has 1 N–H and O–H groups in total. The monoisotopic (exact) mass is 398 g/mol. The molecule has 6 nitrogen and oxygen atoms in total. The fourth-order valence-electron chi connectivity index (χ4n) is 2.73. The summed E-state index contributed by atoms with van der Waals surface area (Å²) < 4.78 is 11.3. The van der Waals surface area contributed by atoms with Crippen LogP contribution in [0.4, 0.5) is 0 Å². The maximum atomic E-state index is 11.2. The lowest BCUT2D eigenvalue weighted by Gasteiger charge is -2.15. The molecule has 146 valence electrons. The molecule has 28 heavy (non-hydrogen) atoms. The van der Waals surface area contributed by atoms with Gasteiger partial charge in [0, 0.05) is 41.2 Å². The van der Waals surface area contributed by atoms with Gasteiger partial charge in [-0.25, -0.2) is 14.8 Å². The molecule has 0 aliphatic heterocycles. The van der Waals surface area contributed by atoms with Gasteiger partial charge in [0.25, 0.3) is 0 Å². The Labute approximate surface area is 167 Å². The third-order valence-corrected chi connectivity index (χ3v) is 5.24. The van der Waals surface area contributed by atoms with E-state index in [0.29, 0.717) is 18.9 Å². The Hall–Kier alpha value is -2.77. The molecule has 7 heteroatoms. The number of nitrogens with zero attached hydrogens (tertiary/aromatic N) is 2. The third kappa shape index (κ3) is 5.15. The molecule has 0 saturated heterocycles. The van der Waals surface area contributed by atoms with Crippen LogP contribution >= 0.6 is 11.3 Å². The standard InChI is InChI=1S/C21H22N2O4S/c1-3-26-18(21(24)25)11-15-5-7-17(8-6-15)27-14(2)19-12-16(13-28-19)20-22-9-4-10-23-20/h4-10,12-14,18H,3,11H2,1-2H3,(H,24,25). The molecule has 0 spiro atoms. The summed E-state index contributed by atoms with van der Waals surface area (Å²) in [4.78, 5) is 20.8. The minimum Gasteiger partial charge on any atom is -0.485 e. The van der Waals surface area contributed by atoms with E-state index in [-0.39, 0.29) is 6.10 Å². The number of hydrogen-bond acceptors (Lipinski definition) is 6. The zero-order valence-corrected chi connectivity index (χ0v) is 16.6. The van der Waals surface area contributed by atoms with Gasteiger partial charge in [0.1, 0.15) is 11.9 Å². The molecule has 3 rings (SSSR count). The number of carboxylic acid groups (broad SMARTS) is 1.